The first kappa shape index (κ1) is 15.4. The van der Waals surface area contributed by atoms with Crippen molar-refractivity contribution in [1.29, 1.82) is 0 Å². The highest BCUT2D eigenvalue weighted by Crippen LogP contribution is 2.18. The zero-order valence-corrected chi connectivity index (χ0v) is 11.9. The monoisotopic (exact) mass is 257 g/mol. The number of hydrogen-bond acceptors (Lipinski definition) is 4. The Morgan fingerprint density at radius 1 is 1.50 bits per heavy atom. The predicted octanol–water partition coefficient (Wildman–Crippen LogP) is -0.243. The molecule has 0 aromatic carbocycles. The van der Waals surface area contributed by atoms with Gasteiger partial charge in [-0.1, -0.05) is 0 Å². The molecule has 1 amide bonds. The van der Waals surface area contributed by atoms with E-state index in [2.05, 4.69) is 10.2 Å². The van der Waals surface area contributed by atoms with Crippen molar-refractivity contribution < 1.29 is 9.90 Å². The molecule has 0 aromatic heterocycles. The summed E-state index contributed by atoms with van der Waals surface area (Å²) in [7, 11) is 3.67. The van der Waals surface area contributed by atoms with E-state index in [0.717, 1.165) is 39.0 Å². The molecule has 0 aliphatic carbocycles. The summed E-state index contributed by atoms with van der Waals surface area (Å²) in [5, 5.41) is 12.2. The molecule has 0 radical (unpaired) electrons. The fourth-order valence-corrected chi connectivity index (χ4v) is 2.50. The van der Waals surface area contributed by atoms with E-state index in [9.17, 15) is 9.90 Å². The normalized spacial score (nSPS) is 19.8. The average molecular weight is 257 g/mol. The Morgan fingerprint density at radius 2 is 2.11 bits per heavy atom. The lowest BCUT2D eigenvalue weighted by Gasteiger charge is -2.34. The number of nitrogens with one attached hydrogen (secondary N) is 1. The molecule has 1 saturated heterocycles. The highest BCUT2D eigenvalue weighted by Gasteiger charge is 2.22. The number of likely N-dealkylation sites (N-methyl/N-ethyl adjacent to an activating group) is 2. The van der Waals surface area contributed by atoms with Crippen LogP contribution in [0.1, 0.15) is 19.8 Å². The second-order valence-electron chi connectivity index (χ2n) is 5.40. The number of piperidine rings is 1. The van der Waals surface area contributed by atoms with Gasteiger partial charge in [-0.2, -0.15) is 0 Å². The van der Waals surface area contributed by atoms with Gasteiger partial charge in [0.2, 0.25) is 5.91 Å². The number of aliphatic hydroxyl groups excluding tert-OH is 1. The molecule has 5 heteroatoms. The van der Waals surface area contributed by atoms with Crippen LogP contribution in [0.4, 0.5) is 0 Å². The van der Waals surface area contributed by atoms with E-state index in [4.69, 9.17) is 0 Å². The average Bonchev–Trinajstić information content (AvgIpc) is 2.31. The van der Waals surface area contributed by atoms with Crippen molar-refractivity contribution in [3.63, 3.8) is 0 Å². The maximum atomic E-state index is 11.6. The van der Waals surface area contributed by atoms with Crippen molar-refractivity contribution in [1.82, 2.24) is 15.1 Å². The van der Waals surface area contributed by atoms with E-state index >= 15 is 0 Å². The van der Waals surface area contributed by atoms with Crippen molar-refractivity contribution in [3.8, 4) is 0 Å². The molecule has 0 bridgehead atoms. The van der Waals surface area contributed by atoms with Crippen molar-refractivity contribution in [2.75, 3.05) is 46.8 Å². The first-order valence-electron chi connectivity index (χ1n) is 6.82. The summed E-state index contributed by atoms with van der Waals surface area (Å²) in [5.74, 6) is 0.755. The largest absolute Gasteiger partial charge is 0.392 e. The Balaban J connectivity index is 2.24. The summed E-state index contributed by atoms with van der Waals surface area (Å²) >= 11 is 0. The van der Waals surface area contributed by atoms with Crippen LogP contribution in [0.25, 0.3) is 0 Å². The van der Waals surface area contributed by atoms with E-state index in [0.29, 0.717) is 12.5 Å². The van der Waals surface area contributed by atoms with E-state index in [-0.39, 0.29) is 12.0 Å². The molecule has 1 fully saturated rings. The molecule has 0 saturated carbocycles. The van der Waals surface area contributed by atoms with Crippen LogP contribution < -0.4 is 5.32 Å². The van der Waals surface area contributed by atoms with Crippen LogP contribution in [0.2, 0.25) is 0 Å². The molecule has 0 aromatic rings. The number of likely N-dealkylation sites (tertiary alicyclic amines) is 1. The van der Waals surface area contributed by atoms with Gasteiger partial charge in [0.15, 0.2) is 0 Å². The highest BCUT2D eigenvalue weighted by atomic mass is 16.3. The molecule has 1 rings (SSSR count). The third-order valence-electron chi connectivity index (χ3n) is 3.52. The lowest BCUT2D eigenvalue weighted by Crippen LogP contribution is -2.43. The lowest BCUT2D eigenvalue weighted by atomic mass is 9.96. The molecule has 5 nitrogen and oxygen atoms in total. The topological polar surface area (TPSA) is 55.8 Å². The van der Waals surface area contributed by atoms with Gasteiger partial charge in [0.1, 0.15) is 0 Å². The fourth-order valence-electron chi connectivity index (χ4n) is 2.50. The Hall–Kier alpha value is -0.650. The Bertz CT molecular complexity index is 251. The lowest BCUT2D eigenvalue weighted by molar-refractivity contribution is -0.129. The van der Waals surface area contributed by atoms with E-state index in [1.807, 2.05) is 18.9 Å². The molecule has 106 valence electrons. The second kappa shape index (κ2) is 7.71. The van der Waals surface area contributed by atoms with Crippen LogP contribution in [0.5, 0.6) is 0 Å². The third-order valence-corrected chi connectivity index (χ3v) is 3.52. The second-order valence-corrected chi connectivity index (χ2v) is 5.40. The number of aliphatic hydroxyl groups is 1. The summed E-state index contributed by atoms with van der Waals surface area (Å²) in [6.45, 7) is 5.92. The van der Waals surface area contributed by atoms with Gasteiger partial charge < -0.3 is 20.2 Å². The van der Waals surface area contributed by atoms with Gasteiger partial charge in [-0.25, -0.2) is 0 Å². The Morgan fingerprint density at radius 3 is 2.61 bits per heavy atom. The molecule has 0 spiro atoms. The summed E-state index contributed by atoms with van der Waals surface area (Å²) in [6, 6.07) is 0. The first-order valence-corrected chi connectivity index (χ1v) is 6.82. The maximum Gasteiger partial charge on any atom is 0.236 e. The number of hydrogen-bond donors (Lipinski definition) is 2. The van der Waals surface area contributed by atoms with E-state index in [1.54, 1.807) is 7.05 Å². The van der Waals surface area contributed by atoms with Crippen molar-refractivity contribution >= 4 is 5.91 Å². The Kier molecular flexibility index (Phi) is 6.60. The maximum absolute atomic E-state index is 11.6. The number of rotatable bonds is 6. The zero-order chi connectivity index (χ0) is 13.5. The summed E-state index contributed by atoms with van der Waals surface area (Å²) < 4.78 is 0. The SMILES string of the molecule is CNCC(=O)N(C)CC1CCN(CC(C)O)CC1. The molecule has 1 heterocycles. The summed E-state index contributed by atoms with van der Waals surface area (Å²) in [5.41, 5.74) is 0. The van der Waals surface area contributed by atoms with Gasteiger partial charge in [0, 0.05) is 20.1 Å². The van der Waals surface area contributed by atoms with Gasteiger partial charge in [-0.15, -0.1) is 0 Å². The number of carbonyl (C=O) groups is 1. The number of carbonyl (C=O) groups excluding carboxylic acids is 1. The fraction of sp³-hybridized carbons (Fsp3) is 0.923. The minimum Gasteiger partial charge on any atom is -0.392 e. The van der Waals surface area contributed by atoms with Crippen molar-refractivity contribution in [3.05, 3.63) is 0 Å². The molecule has 18 heavy (non-hydrogen) atoms. The Labute approximate surface area is 110 Å². The first-order chi connectivity index (χ1) is 8.52. The number of nitrogens with zero attached hydrogens (tertiary/aromatic N) is 2. The number of β-amino-alcohol motifs (C(OH)–C–C–N with tert-alkyl or cyclic N) is 1. The molecule has 1 aliphatic rings. The van der Waals surface area contributed by atoms with E-state index in [1.165, 1.54) is 0 Å². The minimum absolute atomic E-state index is 0.156. The van der Waals surface area contributed by atoms with Crippen LogP contribution in [-0.2, 0) is 4.79 Å². The highest BCUT2D eigenvalue weighted by molar-refractivity contribution is 5.77. The van der Waals surface area contributed by atoms with Crippen LogP contribution >= 0.6 is 0 Å². The molecular weight excluding hydrogens is 230 g/mol. The van der Waals surface area contributed by atoms with Crippen LogP contribution in [0.3, 0.4) is 0 Å². The van der Waals surface area contributed by atoms with Crippen LogP contribution in [-0.4, -0.2) is 73.7 Å². The standard InChI is InChI=1S/C13H27N3O2/c1-11(17)9-16-6-4-12(5-7-16)10-15(3)13(18)8-14-2/h11-12,14,17H,4-10H2,1-3H3. The number of amides is 1. The summed E-state index contributed by atoms with van der Waals surface area (Å²) in [4.78, 5) is 15.8. The summed E-state index contributed by atoms with van der Waals surface area (Å²) in [6.07, 6.45) is 1.98. The molecule has 1 atom stereocenters. The van der Waals surface area contributed by atoms with Crippen molar-refractivity contribution in [2.45, 2.75) is 25.9 Å². The third kappa shape index (κ3) is 5.33. The molecular formula is C13H27N3O2. The zero-order valence-electron chi connectivity index (χ0n) is 11.9. The molecule has 2 N–H and O–H groups in total. The minimum atomic E-state index is -0.249. The predicted molar refractivity (Wildman–Crippen MR) is 72.4 cm³/mol. The van der Waals surface area contributed by atoms with Gasteiger partial charge >= 0.3 is 0 Å². The quantitative estimate of drug-likeness (QED) is 0.689. The van der Waals surface area contributed by atoms with E-state index < -0.39 is 0 Å². The molecule has 1 aliphatic heterocycles. The van der Waals surface area contributed by atoms with Crippen LogP contribution in [0, 0.1) is 5.92 Å². The van der Waals surface area contributed by atoms with Crippen LogP contribution in [0.15, 0.2) is 0 Å². The van der Waals surface area contributed by atoms with Gasteiger partial charge in [-0.05, 0) is 45.8 Å². The van der Waals surface area contributed by atoms with Gasteiger partial charge in [0.05, 0.1) is 12.6 Å². The van der Waals surface area contributed by atoms with Gasteiger partial charge in [0.25, 0.3) is 0 Å². The molecule has 1 unspecified atom stereocenters. The van der Waals surface area contributed by atoms with Gasteiger partial charge in [-0.3, -0.25) is 4.79 Å². The smallest absolute Gasteiger partial charge is 0.236 e. The van der Waals surface area contributed by atoms with Crippen molar-refractivity contribution in [2.24, 2.45) is 5.92 Å².